The van der Waals surface area contributed by atoms with Crippen LogP contribution in [0, 0.1) is 0 Å². The Kier molecular flexibility index (Phi) is 3.19. The first-order chi connectivity index (χ1) is 6.36. The van der Waals surface area contributed by atoms with Gasteiger partial charge in [0.15, 0.2) is 0 Å². The molecule has 3 nitrogen and oxygen atoms in total. The largest absolute Gasteiger partial charge is 0.392 e. The van der Waals surface area contributed by atoms with Gasteiger partial charge in [0.1, 0.15) is 0 Å². The molecule has 1 heterocycles. The zero-order valence-electron chi connectivity index (χ0n) is 8.04. The minimum Gasteiger partial charge on any atom is -0.392 e. The van der Waals surface area contributed by atoms with Crippen LogP contribution in [0.1, 0.15) is 32.1 Å². The highest BCUT2D eigenvalue weighted by Crippen LogP contribution is 2.19. The highest BCUT2D eigenvalue weighted by atomic mass is 16.5. The van der Waals surface area contributed by atoms with Crippen molar-refractivity contribution in [1.29, 1.82) is 0 Å². The van der Waals surface area contributed by atoms with Gasteiger partial charge in [-0.1, -0.05) is 0 Å². The zero-order valence-corrected chi connectivity index (χ0v) is 8.04. The molecule has 1 aliphatic carbocycles. The van der Waals surface area contributed by atoms with E-state index in [1.165, 1.54) is 12.8 Å². The smallest absolute Gasteiger partial charge is 0.0700 e. The summed E-state index contributed by atoms with van der Waals surface area (Å²) in [4.78, 5) is 0. The molecule has 0 spiro atoms. The summed E-state index contributed by atoms with van der Waals surface area (Å²) in [7, 11) is 0. The molecule has 0 radical (unpaired) electrons. The van der Waals surface area contributed by atoms with Crippen LogP contribution in [0.2, 0.25) is 0 Å². The van der Waals surface area contributed by atoms with E-state index in [1.54, 1.807) is 0 Å². The van der Waals surface area contributed by atoms with E-state index in [0.717, 1.165) is 32.4 Å². The van der Waals surface area contributed by atoms with Crippen LogP contribution in [0.25, 0.3) is 0 Å². The van der Waals surface area contributed by atoms with E-state index in [1.807, 2.05) is 0 Å². The Labute approximate surface area is 79.5 Å². The summed E-state index contributed by atoms with van der Waals surface area (Å²) in [5.74, 6) is 0. The number of nitrogens with one attached hydrogen (secondary N) is 1. The average molecular weight is 185 g/mol. The lowest BCUT2D eigenvalue weighted by molar-refractivity contribution is 0.0952. The van der Waals surface area contributed by atoms with Gasteiger partial charge in [0.05, 0.1) is 12.2 Å². The van der Waals surface area contributed by atoms with E-state index in [0.29, 0.717) is 12.1 Å². The van der Waals surface area contributed by atoms with Crippen molar-refractivity contribution in [2.24, 2.45) is 0 Å². The quantitative estimate of drug-likeness (QED) is 0.679. The summed E-state index contributed by atoms with van der Waals surface area (Å²) in [5.41, 5.74) is 0. The molecule has 0 aromatic heterocycles. The second-order valence-electron chi connectivity index (χ2n) is 4.15. The van der Waals surface area contributed by atoms with E-state index in [-0.39, 0.29) is 6.10 Å². The van der Waals surface area contributed by atoms with Gasteiger partial charge in [0, 0.05) is 19.2 Å². The Morgan fingerprint density at radius 3 is 2.77 bits per heavy atom. The van der Waals surface area contributed by atoms with E-state index < -0.39 is 0 Å². The van der Waals surface area contributed by atoms with Crippen molar-refractivity contribution in [3.8, 4) is 0 Å². The molecule has 2 rings (SSSR count). The van der Waals surface area contributed by atoms with E-state index in [2.05, 4.69) is 5.32 Å². The Morgan fingerprint density at radius 1 is 1.23 bits per heavy atom. The number of hydrogen-bond acceptors (Lipinski definition) is 3. The zero-order chi connectivity index (χ0) is 9.10. The summed E-state index contributed by atoms with van der Waals surface area (Å²) < 4.78 is 5.50. The van der Waals surface area contributed by atoms with Crippen LogP contribution in [0.15, 0.2) is 0 Å². The molecule has 1 unspecified atom stereocenters. The third kappa shape index (κ3) is 2.42. The number of hydrogen-bond donors (Lipinski definition) is 2. The van der Waals surface area contributed by atoms with Crippen LogP contribution in [-0.2, 0) is 4.74 Å². The molecular formula is C10H19NO2. The fourth-order valence-electron chi connectivity index (χ4n) is 2.27. The van der Waals surface area contributed by atoms with Gasteiger partial charge in [0.2, 0.25) is 0 Å². The van der Waals surface area contributed by atoms with Gasteiger partial charge in [-0.25, -0.2) is 0 Å². The molecule has 76 valence electrons. The van der Waals surface area contributed by atoms with Crippen molar-refractivity contribution in [2.45, 2.75) is 50.4 Å². The molecule has 1 saturated carbocycles. The van der Waals surface area contributed by atoms with Crippen molar-refractivity contribution in [1.82, 2.24) is 5.32 Å². The molecule has 2 fully saturated rings. The highest BCUT2D eigenvalue weighted by molar-refractivity contribution is 4.83. The number of ether oxygens (including phenoxy) is 1. The molecule has 3 atom stereocenters. The minimum atomic E-state index is -0.124. The van der Waals surface area contributed by atoms with Gasteiger partial charge < -0.3 is 15.2 Å². The fraction of sp³-hybridized carbons (Fsp3) is 1.00. The highest BCUT2D eigenvalue weighted by Gasteiger charge is 2.26. The minimum absolute atomic E-state index is 0.124. The molecule has 1 saturated heterocycles. The summed E-state index contributed by atoms with van der Waals surface area (Å²) >= 11 is 0. The molecule has 0 aromatic rings. The topological polar surface area (TPSA) is 41.5 Å². The van der Waals surface area contributed by atoms with E-state index in [4.69, 9.17) is 4.74 Å². The van der Waals surface area contributed by atoms with Crippen LogP contribution in [0.5, 0.6) is 0 Å². The summed E-state index contributed by atoms with van der Waals surface area (Å²) in [6.07, 6.45) is 5.88. The number of aliphatic hydroxyl groups excluding tert-OH is 1. The Bertz CT molecular complexity index is 157. The van der Waals surface area contributed by atoms with Crippen molar-refractivity contribution in [3.05, 3.63) is 0 Å². The lowest BCUT2D eigenvalue weighted by Crippen LogP contribution is -2.39. The van der Waals surface area contributed by atoms with Gasteiger partial charge >= 0.3 is 0 Å². The lowest BCUT2D eigenvalue weighted by atomic mass is 10.2. The summed E-state index contributed by atoms with van der Waals surface area (Å²) in [5, 5.41) is 13.0. The number of rotatable bonds is 3. The first kappa shape index (κ1) is 9.44. The fourth-order valence-corrected chi connectivity index (χ4v) is 2.27. The van der Waals surface area contributed by atoms with E-state index in [9.17, 15) is 5.11 Å². The Morgan fingerprint density at radius 2 is 2.15 bits per heavy atom. The van der Waals surface area contributed by atoms with Gasteiger partial charge in [0.25, 0.3) is 0 Å². The maximum Gasteiger partial charge on any atom is 0.0700 e. The van der Waals surface area contributed by atoms with Crippen molar-refractivity contribution < 1.29 is 9.84 Å². The second-order valence-corrected chi connectivity index (χ2v) is 4.15. The molecule has 3 heteroatoms. The predicted molar refractivity (Wildman–Crippen MR) is 50.6 cm³/mol. The van der Waals surface area contributed by atoms with Crippen molar-refractivity contribution >= 4 is 0 Å². The van der Waals surface area contributed by atoms with Gasteiger partial charge in [-0.05, 0) is 32.1 Å². The monoisotopic (exact) mass is 185 g/mol. The van der Waals surface area contributed by atoms with E-state index >= 15 is 0 Å². The summed E-state index contributed by atoms with van der Waals surface area (Å²) in [6.45, 7) is 1.83. The first-order valence-electron chi connectivity index (χ1n) is 5.39. The van der Waals surface area contributed by atoms with Crippen LogP contribution in [0.4, 0.5) is 0 Å². The van der Waals surface area contributed by atoms with Gasteiger partial charge in [-0.2, -0.15) is 0 Å². The molecule has 0 aromatic carbocycles. The number of aliphatic hydroxyl groups is 1. The SMILES string of the molecule is O[C@H]1CCC[C@@H]1NCC1CCCO1. The molecule has 2 aliphatic rings. The maximum absolute atomic E-state index is 9.56. The van der Waals surface area contributed by atoms with Crippen molar-refractivity contribution in [2.75, 3.05) is 13.2 Å². The Hall–Kier alpha value is -0.120. The molecule has 0 bridgehead atoms. The standard InChI is InChI=1S/C10H19NO2/c12-10-5-1-4-9(10)11-7-8-3-2-6-13-8/h8-12H,1-7H2/t8?,9-,10-/m0/s1. The normalized spacial score (nSPS) is 39.9. The van der Waals surface area contributed by atoms with Crippen molar-refractivity contribution in [3.63, 3.8) is 0 Å². The molecule has 1 aliphatic heterocycles. The van der Waals surface area contributed by atoms with Gasteiger partial charge in [-0.15, -0.1) is 0 Å². The lowest BCUT2D eigenvalue weighted by Gasteiger charge is -2.18. The van der Waals surface area contributed by atoms with Gasteiger partial charge in [-0.3, -0.25) is 0 Å². The molecule has 13 heavy (non-hydrogen) atoms. The third-order valence-electron chi connectivity index (χ3n) is 3.11. The first-order valence-corrected chi connectivity index (χ1v) is 5.39. The van der Waals surface area contributed by atoms with Crippen LogP contribution in [-0.4, -0.2) is 36.5 Å². The third-order valence-corrected chi connectivity index (χ3v) is 3.11. The van der Waals surface area contributed by atoms with Crippen LogP contribution in [0.3, 0.4) is 0 Å². The molecule has 0 amide bonds. The summed E-state index contributed by atoms with van der Waals surface area (Å²) in [6, 6.07) is 0.323. The molecular weight excluding hydrogens is 166 g/mol. The predicted octanol–water partition coefficient (Wildman–Crippen LogP) is 0.668. The maximum atomic E-state index is 9.56. The second kappa shape index (κ2) is 4.40. The molecule has 2 N–H and O–H groups in total. The van der Waals surface area contributed by atoms with Crippen LogP contribution < -0.4 is 5.32 Å². The van der Waals surface area contributed by atoms with Crippen LogP contribution >= 0.6 is 0 Å². The Balaban J connectivity index is 1.66. The average Bonchev–Trinajstić information content (AvgIpc) is 2.72.